The summed E-state index contributed by atoms with van der Waals surface area (Å²) in [6.45, 7) is 0. The summed E-state index contributed by atoms with van der Waals surface area (Å²) in [4.78, 5) is 36.8. The van der Waals surface area contributed by atoms with Crippen LogP contribution in [-0.2, 0) is 9.59 Å². The predicted molar refractivity (Wildman–Crippen MR) is 70.0 cm³/mol. The second kappa shape index (κ2) is 7.06. The monoisotopic (exact) mass is 320 g/mol. The van der Waals surface area contributed by atoms with Crippen molar-refractivity contribution in [3.63, 3.8) is 0 Å². The van der Waals surface area contributed by atoms with Gasteiger partial charge in [0.15, 0.2) is 0 Å². The maximum Gasteiger partial charge on any atom is 0.326 e. The molecule has 1 heterocycles. The SMILES string of the molecule is O=C(O)CC[C@H](NC(=O)c1cnc(Cl)c(Cl)c1)C(=O)O. The van der Waals surface area contributed by atoms with Crippen molar-refractivity contribution >= 4 is 41.0 Å². The van der Waals surface area contributed by atoms with Gasteiger partial charge in [-0.25, -0.2) is 9.78 Å². The molecule has 7 nitrogen and oxygen atoms in total. The van der Waals surface area contributed by atoms with Crippen LogP contribution in [0.2, 0.25) is 10.2 Å². The van der Waals surface area contributed by atoms with E-state index < -0.39 is 23.9 Å². The Labute approximate surface area is 123 Å². The molecule has 0 unspecified atom stereocenters. The van der Waals surface area contributed by atoms with Crippen molar-refractivity contribution in [3.05, 3.63) is 28.0 Å². The van der Waals surface area contributed by atoms with Crippen molar-refractivity contribution in [2.75, 3.05) is 0 Å². The number of nitrogens with zero attached hydrogens (tertiary/aromatic N) is 1. The number of carboxylic acids is 2. The first-order chi connectivity index (χ1) is 9.31. The molecule has 0 aliphatic carbocycles. The average Bonchev–Trinajstić information content (AvgIpc) is 2.36. The lowest BCUT2D eigenvalue weighted by molar-refractivity contribution is -0.140. The zero-order chi connectivity index (χ0) is 15.3. The quantitative estimate of drug-likeness (QED) is 0.683. The van der Waals surface area contributed by atoms with E-state index in [-0.39, 0.29) is 28.6 Å². The molecule has 1 atom stereocenters. The van der Waals surface area contributed by atoms with E-state index in [9.17, 15) is 14.4 Å². The summed E-state index contributed by atoms with van der Waals surface area (Å²) in [7, 11) is 0. The van der Waals surface area contributed by atoms with Crippen molar-refractivity contribution in [2.24, 2.45) is 0 Å². The lowest BCUT2D eigenvalue weighted by atomic mass is 10.1. The molecule has 0 spiro atoms. The van der Waals surface area contributed by atoms with Crippen LogP contribution in [0.3, 0.4) is 0 Å². The fourth-order valence-corrected chi connectivity index (χ4v) is 1.58. The Kier molecular flexibility index (Phi) is 5.72. The van der Waals surface area contributed by atoms with E-state index in [2.05, 4.69) is 10.3 Å². The van der Waals surface area contributed by atoms with Crippen molar-refractivity contribution in [1.82, 2.24) is 10.3 Å². The van der Waals surface area contributed by atoms with Gasteiger partial charge in [0, 0.05) is 12.6 Å². The fraction of sp³-hybridized carbons (Fsp3) is 0.273. The summed E-state index contributed by atoms with van der Waals surface area (Å²) in [5, 5.41) is 19.7. The van der Waals surface area contributed by atoms with Crippen LogP contribution in [0.4, 0.5) is 0 Å². The van der Waals surface area contributed by atoms with E-state index in [4.69, 9.17) is 33.4 Å². The molecular formula is C11H10Cl2N2O5. The van der Waals surface area contributed by atoms with Crippen molar-refractivity contribution < 1.29 is 24.6 Å². The number of hydrogen-bond donors (Lipinski definition) is 3. The second-order valence-corrected chi connectivity index (χ2v) is 4.56. The number of carbonyl (C=O) groups is 3. The molecule has 108 valence electrons. The van der Waals surface area contributed by atoms with Crippen LogP contribution in [0, 0.1) is 0 Å². The average molecular weight is 321 g/mol. The molecule has 1 rings (SSSR count). The van der Waals surface area contributed by atoms with Gasteiger partial charge in [-0.15, -0.1) is 0 Å². The van der Waals surface area contributed by atoms with Gasteiger partial charge in [-0.05, 0) is 12.5 Å². The third-order valence-electron chi connectivity index (χ3n) is 2.31. The van der Waals surface area contributed by atoms with Crippen molar-refractivity contribution in [3.8, 4) is 0 Å². The first kappa shape index (κ1) is 16.2. The highest BCUT2D eigenvalue weighted by Crippen LogP contribution is 2.19. The minimum absolute atomic E-state index is 0.0175. The Morgan fingerprint density at radius 2 is 1.95 bits per heavy atom. The zero-order valence-corrected chi connectivity index (χ0v) is 11.5. The number of amides is 1. The molecule has 0 saturated carbocycles. The first-order valence-corrected chi connectivity index (χ1v) is 6.13. The molecular weight excluding hydrogens is 311 g/mol. The molecule has 0 aliphatic heterocycles. The Balaban J connectivity index is 2.77. The third kappa shape index (κ3) is 4.67. The number of carboxylic acid groups (broad SMARTS) is 2. The van der Waals surface area contributed by atoms with Gasteiger partial charge in [0.2, 0.25) is 0 Å². The molecule has 0 aromatic carbocycles. The number of hydrogen-bond acceptors (Lipinski definition) is 4. The Morgan fingerprint density at radius 3 is 2.45 bits per heavy atom. The maximum atomic E-state index is 11.8. The van der Waals surface area contributed by atoms with Gasteiger partial charge in [-0.1, -0.05) is 23.2 Å². The van der Waals surface area contributed by atoms with Crippen LogP contribution in [0.5, 0.6) is 0 Å². The Hall–Kier alpha value is -1.86. The topological polar surface area (TPSA) is 117 Å². The Bertz CT molecular complexity index is 550. The molecule has 3 N–H and O–H groups in total. The van der Waals surface area contributed by atoms with Crippen LogP contribution >= 0.6 is 23.2 Å². The van der Waals surface area contributed by atoms with Gasteiger partial charge >= 0.3 is 11.9 Å². The number of aliphatic carboxylic acids is 2. The van der Waals surface area contributed by atoms with E-state index in [1.807, 2.05) is 0 Å². The molecule has 20 heavy (non-hydrogen) atoms. The van der Waals surface area contributed by atoms with E-state index in [1.165, 1.54) is 6.07 Å². The third-order valence-corrected chi connectivity index (χ3v) is 2.99. The van der Waals surface area contributed by atoms with Crippen molar-refractivity contribution in [1.29, 1.82) is 0 Å². The van der Waals surface area contributed by atoms with Crippen LogP contribution in [0.1, 0.15) is 23.2 Å². The number of aromatic nitrogens is 1. The van der Waals surface area contributed by atoms with Crippen LogP contribution < -0.4 is 5.32 Å². The molecule has 1 aromatic rings. The van der Waals surface area contributed by atoms with Crippen LogP contribution in [0.15, 0.2) is 12.3 Å². The lowest BCUT2D eigenvalue weighted by Crippen LogP contribution is -2.41. The number of carbonyl (C=O) groups excluding carboxylic acids is 1. The molecule has 0 aliphatic rings. The maximum absolute atomic E-state index is 11.8. The van der Waals surface area contributed by atoms with E-state index >= 15 is 0 Å². The zero-order valence-electron chi connectivity index (χ0n) is 9.97. The molecule has 0 radical (unpaired) electrons. The number of nitrogens with one attached hydrogen (secondary N) is 1. The highest BCUT2D eigenvalue weighted by molar-refractivity contribution is 6.41. The van der Waals surface area contributed by atoms with E-state index in [0.29, 0.717) is 0 Å². The summed E-state index contributed by atoms with van der Waals surface area (Å²) in [5.74, 6) is -3.21. The fourth-order valence-electron chi connectivity index (χ4n) is 1.31. The predicted octanol–water partition coefficient (Wildman–Crippen LogP) is 1.44. The van der Waals surface area contributed by atoms with E-state index in [0.717, 1.165) is 6.20 Å². The van der Waals surface area contributed by atoms with Gasteiger partial charge in [0.1, 0.15) is 11.2 Å². The number of rotatable bonds is 6. The standard InChI is InChI=1S/C11H10Cl2N2O5/c12-6-3-5(4-14-9(6)13)10(18)15-7(11(19)20)1-2-8(16)17/h3-4,7H,1-2H2,(H,15,18)(H,16,17)(H,19,20)/t7-/m0/s1. The summed E-state index contributed by atoms with van der Waals surface area (Å²) in [6, 6.07) is -0.0736. The minimum Gasteiger partial charge on any atom is -0.481 e. The van der Waals surface area contributed by atoms with Crippen LogP contribution in [-0.4, -0.2) is 39.1 Å². The first-order valence-electron chi connectivity index (χ1n) is 5.37. The second-order valence-electron chi connectivity index (χ2n) is 3.79. The molecule has 9 heteroatoms. The smallest absolute Gasteiger partial charge is 0.326 e. The number of pyridine rings is 1. The highest BCUT2D eigenvalue weighted by atomic mass is 35.5. The van der Waals surface area contributed by atoms with Gasteiger partial charge < -0.3 is 15.5 Å². The molecule has 0 saturated heterocycles. The Morgan fingerprint density at radius 1 is 1.30 bits per heavy atom. The van der Waals surface area contributed by atoms with Gasteiger partial charge in [0.25, 0.3) is 5.91 Å². The summed E-state index contributed by atoms with van der Waals surface area (Å²) >= 11 is 11.3. The van der Waals surface area contributed by atoms with Crippen molar-refractivity contribution in [2.45, 2.75) is 18.9 Å². The minimum atomic E-state index is -1.33. The molecule has 1 aromatic heterocycles. The van der Waals surface area contributed by atoms with Gasteiger partial charge in [0.05, 0.1) is 10.6 Å². The lowest BCUT2D eigenvalue weighted by Gasteiger charge is -2.13. The largest absolute Gasteiger partial charge is 0.481 e. The van der Waals surface area contributed by atoms with Gasteiger partial charge in [-0.3, -0.25) is 9.59 Å². The summed E-state index contributed by atoms with van der Waals surface area (Å²) in [5.41, 5.74) is 0.0287. The molecule has 0 bridgehead atoms. The van der Waals surface area contributed by atoms with E-state index in [1.54, 1.807) is 0 Å². The summed E-state index contributed by atoms with van der Waals surface area (Å²) in [6.07, 6.45) is 0.529. The summed E-state index contributed by atoms with van der Waals surface area (Å²) < 4.78 is 0. The molecule has 1 amide bonds. The van der Waals surface area contributed by atoms with Crippen LogP contribution in [0.25, 0.3) is 0 Å². The molecule has 0 fully saturated rings. The number of halogens is 2. The highest BCUT2D eigenvalue weighted by Gasteiger charge is 2.22. The van der Waals surface area contributed by atoms with Gasteiger partial charge in [-0.2, -0.15) is 0 Å². The normalized spacial score (nSPS) is 11.7.